The highest BCUT2D eigenvalue weighted by Crippen LogP contribution is 2.25. The largest absolute Gasteiger partial charge is 0.380 e. The zero-order chi connectivity index (χ0) is 13.0. The molecular weight excluding hydrogens is 255 g/mol. The molecule has 1 fully saturated rings. The fourth-order valence-corrected chi connectivity index (χ4v) is 2.48. The number of nitrogens with two attached hydrogens (primary N) is 1. The number of rotatable bonds is 3. The van der Waals surface area contributed by atoms with E-state index in [1.807, 2.05) is 0 Å². The molecule has 100 valence electrons. The third-order valence-corrected chi connectivity index (χ3v) is 3.54. The first-order valence-electron chi connectivity index (χ1n) is 6.19. The fourth-order valence-electron chi connectivity index (χ4n) is 2.29. The Kier molecular flexibility index (Phi) is 4.95. The van der Waals surface area contributed by atoms with E-state index in [1.165, 1.54) is 6.07 Å². The molecule has 3 nitrogen and oxygen atoms in total. The summed E-state index contributed by atoms with van der Waals surface area (Å²) >= 11 is 5.83. The van der Waals surface area contributed by atoms with Crippen molar-refractivity contribution in [2.24, 2.45) is 5.73 Å². The minimum atomic E-state index is -0.393. The second kappa shape index (κ2) is 6.48. The number of halogens is 2. The highest BCUT2D eigenvalue weighted by molar-refractivity contribution is 6.30. The average molecular weight is 273 g/mol. The van der Waals surface area contributed by atoms with Gasteiger partial charge in [0.05, 0.1) is 11.6 Å². The van der Waals surface area contributed by atoms with Gasteiger partial charge in [-0.1, -0.05) is 17.7 Å². The van der Waals surface area contributed by atoms with Gasteiger partial charge in [-0.15, -0.1) is 0 Å². The molecule has 0 amide bonds. The van der Waals surface area contributed by atoms with E-state index in [2.05, 4.69) is 4.90 Å². The molecule has 1 unspecified atom stereocenters. The molecule has 0 aliphatic carbocycles. The molecule has 0 saturated carbocycles. The van der Waals surface area contributed by atoms with E-state index in [1.54, 1.807) is 12.1 Å². The van der Waals surface area contributed by atoms with Gasteiger partial charge in [-0.25, -0.2) is 4.39 Å². The topological polar surface area (TPSA) is 38.5 Å². The summed E-state index contributed by atoms with van der Waals surface area (Å²) in [6.07, 6.45) is 0.991. The number of nitrogens with zero attached hydrogens (tertiary/aromatic N) is 1. The van der Waals surface area contributed by atoms with Crippen LogP contribution in [0.25, 0.3) is 0 Å². The van der Waals surface area contributed by atoms with Gasteiger partial charge in [0.25, 0.3) is 0 Å². The molecule has 0 bridgehead atoms. The van der Waals surface area contributed by atoms with Crippen LogP contribution in [0.4, 0.5) is 4.39 Å². The highest BCUT2D eigenvalue weighted by Gasteiger charge is 2.21. The van der Waals surface area contributed by atoms with E-state index in [0.717, 1.165) is 31.7 Å². The van der Waals surface area contributed by atoms with Crippen molar-refractivity contribution < 1.29 is 9.13 Å². The van der Waals surface area contributed by atoms with Gasteiger partial charge < -0.3 is 10.5 Å². The van der Waals surface area contributed by atoms with Crippen molar-refractivity contribution in [3.8, 4) is 0 Å². The third kappa shape index (κ3) is 3.20. The fraction of sp³-hybridized carbons (Fsp3) is 0.538. The molecule has 1 heterocycles. The van der Waals surface area contributed by atoms with Crippen LogP contribution in [0.5, 0.6) is 0 Å². The molecule has 1 aliphatic rings. The van der Waals surface area contributed by atoms with Crippen LogP contribution in [0.2, 0.25) is 5.02 Å². The number of ether oxygens (including phenoxy) is 1. The van der Waals surface area contributed by atoms with Crippen molar-refractivity contribution in [2.45, 2.75) is 12.5 Å². The van der Waals surface area contributed by atoms with Crippen molar-refractivity contribution in [3.63, 3.8) is 0 Å². The summed E-state index contributed by atoms with van der Waals surface area (Å²) in [7, 11) is 0. The minimum absolute atomic E-state index is 0.0739. The lowest BCUT2D eigenvalue weighted by atomic mass is 10.0. The number of hydrogen-bond acceptors (Lipinski definition) is 3. The smallest absolute Gasteiger partial charge is 0.141 e. The summed E-state index contributed by atoms with van der Waals surface area (Å²) in [6.45, 7) is 3.78. The Morgan fingerprint density at radius 3 is 2.94 bits per heavy atom. The first-order chi connectivity index (χ1) is 8.72. The van der Waals surface area contributed by atoms with Crippen molar-refractivity contribution in [1.82, 2.24) is 4.90 Å². The lowest BCUT2D eigenvalue weighted by Gasteiger charge is -2.29. The van der Waals surface area contributed by atoms with Crippen LogP contribution >= 0.6 is 11.6 Å². The van der Waals surface area contributed by atoms with E-state index in [4.69, 9.17) is 22.1 Å². The Hall–Kier alpha value is -0.680. The second-order valence-corrected chi connectivity index (χ2v) is 4.83. The van der Waals surface area contributed by atoms with Crippen LogP contribution in [0.15, 0.2) is 18.2 Å². The molecule has 0 radical (unpaired) electrons. The van der Waals surface area contributed by atoms with Gasteiger partial charge in [0.2, 0.25) is 0 Å². The molecule has 1 aromatic carbocycles. The van der Waals surface area contributed by atoms with Gasteiger partial charge in [-0.05, 0) is 24.1 Å². The van der Waals surface area contributed by atoms with Gasteiger partial charge >= 0.3 is 0 Å². The lowest BCUT2D eigenvalue weighted by molar-refractivity contribution is 0.132. The maximum absolute atomic E-state index is 13.2. The summed E-state index contributed by atoms with van der Waals surface area (Å²) in [4.78, 5) is 2.27. The molecule has 2 N–H and O–H groups in total. The Labute approximate surface area is 112 Å². The highest BCUT2D eigenvalue weighted by atomic mass is 35.5. The first-order valence-corrected chi connectivity index (χ1v) is 6.57. The molecular formula is C13H18ClFN2O. The summed E-state index contributed by atoms with van der Waals surface area (Å²) < 4.78 is 18.6. The Morgan fingerprint density at radius 1 is 1.39 bits per heavy atom. The summed E-state index contributed by atoms with van der Waals surface area (Å²) in [6, 6.07) is 4.89. The van der Waals surface area contributed by atoms with E-state index in [9.17, 15) is 4.39 Å². The zero-order valence-electron chi connectivity index (χ0n) is 10.2. The van der Waals surface area contributed by atoms with Crippen molar-refractivity contribution in [3.05, 3.63) is 34.6 Å². The lowest BCUT2D eigenvalue weighted by Crippen LogP contribution is -2.35. The maximum Gasteiger partial charge on any atom is 0.141 e. The van der Waals surface area contributed by atoms with Gasteiger partial charge in [-0.2, -0.15) is 0 Å². The van der Waals surface area contributed by atoms with Gasteiger partial charge in [0.15, 0.2) is 0 Å². The van der Waals surface area contributed by atoms with Crippen molar-refractivity contribution >= 4 is 11.6 Å². The molecule has 1 saturated heterocycles. The molecule has 0 spiro atoms. The van der Waals surface area contributed by atoms with Gasteiger partial charge in [-0.3, -0.25) is 4.90 Å². The predicted octanol–water partition coefficient (Wildman–Crippen LogP) is 2.20. The quantitative estimate of drug-likeness (QED) is 0.917. The summed E-state index contributed by atoms with van der Waals surface area (Å²) in [5.74, 6) is -0.393. The Morgan fingerprint density at radius 2 is 2.22 bits per heavy atom. The predicted molar refractivity (Wildman–Crippen MR) is 70.2 cm³/mol. The van der Waals surface area contributed by atoms with Crippen LogP contribution < -0.4 is 5.73 Å². The summed E-state index contributed by atoms with van der Waals surface area (Å²) in [5, 5.41) is 0.150. The average Bonchev–Trinajstić information content (AvgIpc) is 2.64. The van der Waals surface area contributed by atoms with Gasteiger partial charge in [0.1, 0.15) is 5.82 Å². The Bertz CT molecular complexity index is 395. The van der Waals surface area contributed by atoms with E-state index < -0.39 is 5.82 Å². The molecule has 5 heteroatoms. The monoisotopic (exact) mass is 272 g/mol. The van der Waals surface area contributed by atoms with Crippen LogP contribution in [-0.4, -0.2) is 37.7 Å². The normalized spacial score (nSPS) is 19.5. The van der Waals surface area contributed by atoms with Gasteiger partial charge in [0, 0.05) is 32.3 Å². The molecule has 2 rings (SSSR count). The second-order valence-electron chi connectivity index (χ2n) is 4.43. The van der Waals surface area contributed by atoms with Crippen molar-refractivity contribution in [1.29, 1.82) is 0 Å². The minimum Gasteiger partial charge on any atom is -0.380 e. The SMILES string of the molecule is NCC(c1ccc(F)c(Cl)c1)N1CCCOCC1. The molecule has 18 heavy (non-hydrogen) atoms. The number of hydrogen-bond donors (Lipinski definition) is 1. The zero-order valence-corrected chi connectivity index (χ0v) is 11.0. The number of benzene rings is 1. The van der Waals surface area contributed by atoms with Crippen LogP contribution in [0.3, 0.4) is 0 Å². The third-order valence-electron chi connectivity index (χ3n) is 3.25. The summed E-state index contributed by atoms with van der Waals surface area (Å²) in [5.41, 5.74) is 6.82. The van der Waals surface area contributed by atoms with E-state index >= 15 is 0 Å². The van der Waals surface area contributed by atoms with Crippen LogP contribution in [-0.2, 0) is 4.74 Å². The molecule has 1 aliphatic heterocycles. The Balaban J connectivity index is 2.17. The van der Waals surface area contributed by atoms with Crippen molar-refractivity contribution in [2.75, 3.05) is 32.8 Å². The first kappa shape index (κ1) is 13.7. The van der Waals surface area contributed by atoms with E-state index in [0.29, 0.717) is 13.2 Å². The van der Waals surface area contributed by atoms with Crippen LogP contribution in [0.1, 0.15) is 18.0 Å². The molecule has 1 atom stereocenters. The standard InChI is InChI=1S/C13H18ClFN2O/c14-11-8-10(2-3-12(11)15)13(9-16)17-4-1-6-18-7-5-17/h2-3,8,13H,1,4-7,9,16H2. The van der Waals surface area contributed by atoms with Crippen LogP contribution in [0, 0.1) is 5.82 Å². The molecule has 1 aromatic rings. The molecule has 0 aromatic heterocycles. The van der Waals surface area contributed by atoms with E-state index in [-0.39, 0.29) is 11.1 Å². The maximum atomic E-state index is 13.2.